The van der Waals surface area contributed by atoms with E-state index in [1.54, 1.807) is 0 Å². The molecule has 0 saturated heterocycles. The van der Waals surface area contributed by atoms with Crippen molar-refractivity contribution < 1.29 is 4.39 Å². The lowest BCUT2D eigenvalue weighted by Crippen LogP contribution is -2.01. The Hall–Kier alpha value is -0.0700. The molecule has 1 aliphatic carbocycles. The summed E-state index contributed by atoms with van der Waals surface area (Å²) in [5, 5.41) is 0. The molecule has 2 unspecified atom stereocenters. The summed E-state index contributed by atoms with van der Waals surface area (Å²) in [7, 11) is 0. The van der Waals surface area contributed by atoms with E-state index < -0.39 is 0 Å². The minimum atomic E-state index is -0.114. The smallest absolute Gasteiger partial charge is 0.0922 e. The molecule has 0 radical (unpaired) electrons. The molecule has 3 atom stereocenters. The predicted molar refractivity (Wildman–Crippen MR) is 60.1 cm³/mol. The molecule has 1 fully saturated rings. The van der Waals surface area contributed by atoms with E-state index in [0.717, 1.165) is 11.8 Å². The lowest BCUT2D eigenvalue weighted by molar-refractivity contribution is 0.336. The summed E-state index contributed by atoms with van der Waals surface area (Å²) in [5.74, 6) is 1.93. The Morgan fingerprint density at radius 3 is 2.57 bits per heavy atom. The van der Waals surface area contributed by atoms with E-state index in [1.807, 2.05) is 0 Å². The SMILES string of the molecule is CCCCCCCC1CC1[C@@H](C)CF. The molecule has 0 aromatic rings. The summed E-state index contributed by atoms with van der Waals surface area (Å²) >= 11 is 0. The van der Waals surface area contributed by atoms with Crippen molar-refractivity contribution >= 4 is 0 Å². The highest BCUT2D eigenvalue weighted by Gasteiger charge is 2.39. The van der Waals surface area contributed by atoms with Gasteiger partial charge in [0.2, 0.25) is 0 Å². The van der Waals surface area contributed by atoms with Gasteiger partial charge in [-0.05, 0) is 24.2 Å². The first-order valence-corrected chi connectivity index (χ1v) is 6.35. The van der Waals surface area contributed by atoms with Crippen molar-refractivity contribution in [3.05, 3.63) is 0 Å². The molecule has 0 amide bonds. The predicted octanol–water partition coefficient (Wildman–Crippen LogP) is 4.59. The molecule has 1 saturated carbocycles. The van der Waals surface area contributed by atoms with Gasteiger partial charge in [-0.1, -0.05) is 52.4 Å². The average molecular weight is 200 g/mol. The maximum absolute atomic E-state index is 12.3. The molecular weight excluding hydrogens is 175 g/mol. The third-order valence-electron chi connectivity index (χ3n) is 3.63. The highest BCUT2D eigenvalue weighted by atomic mass is 19.1. The Morgan fingerprint density at radius 1 is 1.21 bits per heavy atom. The number of unbranched alkanes of at least 4 members (excludes halogenated alkanes) is 4. The molecule has 1 heteroatoms. The molecule has 1 rings (SSSR count). The topological polar surface area (TPSA) is 0 Å². The third kappa shape index (κ3) is 3.98. The Bertz CT molecular complexity index is 144. The van der Waals surface area contributed by atoms with Crippen LogP contribution in [0.4, 0.5) is 4.39 Å². The van der Waals surface area contributed by atoms with Crippen LogP contribution in [-0.4, -0.2) is 6.67 Å². The largest absolute Gasteiger partial charge is 0.251 e. The van der Waals surface area contributed by atoms with E-state index in [9.17, 15) is 4.39 Å². The van der Waals surface area contributed by atoms with Crippen LogP contribution in [0.3, 0.4) is 0 Å². The fourth-order valence-electron chi connectivity index (χ4n) is 2.42. The van der Waals surface area contributed by atoms with Gasteiger partial charge >= 0.3 is 0 Å². The Kier molecular flexibility index (Phi) is 5.50. The summed E-state index contributed by atoms with van der Waals surface area (Å²) in [6.45, 7) is 4.19. The number of hydrogen-bond acceptors (Lipinski definition) is 0. The van der Waals surface area contributed by atoms with Crippen LogP contribution >= 0.6 is 0 Å². The normalized spacial score (nSPS) is 27.6. The zero-order valence-electron chi connectivity index (χ0n) is 9.77. The first-order valence-electron chi connectivity index (χ1n) is 6.35. The lowest BCUT2D eigenvalue weighted by Gasteiger charge is -2.05. The van der Waals surface area contributed by atoms with Crippen molar-refractivity contribution in [2.24, 2.45) is 17.8 Å². The summed E-state index contributed by atoms with van der Waals surface area (Å²) in [5.41, 5.74) is 0. The summed E-state index contributed by atoms with van der Waals surface area (Å²) in [6, 6.07) is 0. The van der Waals surface area contributed by atoms with Crippen LogP contribution in [0.5, 0.6) is 0 Å². The van der Waals surface area contributed by atoms with Gasteiger partial charge in [0.25, 0.3) is 0 Å². The Labute approximate surface area is 88.3 Å². The highest BCUT2D eigenvalue weighted by Crippen LogP contribution is 2.47. The van der Waals surface area contributed by atoms with Gasteiger partial charge < -0.3 is 0 Å². The summed E-state index contributed by atoms with van der Waals surface area (Å²) in [6.07, 6.45) is 9.53. The van der Waals surface area contributed by atoms with Gasteiger partial charge in [-0.25, -0.2) is 0 Å². The van der Waals surface area contributed by atoms with Gasteiger partial charge in [0, 0.05) is 0 Å². The number of halogens is 1. The molecule has 84 valence electrons. The summed E-state index contributed by atoms with van der Waals surface area (Å²) < 4.78 is 12.3. The van der Waals surface area contributed by atoms with Crippen molar-refractivity contribution in [2.45, 2.75) is 58.8 Å². The van der Waals surface area contributed by atoms with Crippen molar-refractivity contribution in [1.82, 2.24) is 0 Å². The monoisotopic (exact) mass is 200 g/mol. The van der Waals surface area contributed by atoms with Gasteiger partial charge in [-0.3, -0.25) is 4.39 Å². The van der Waals surface area contributed by atoms with Crippen LogP contribution in [0.2, 0.25) is 0 Å². The van der Waals surface area contributed by atoms with E-state index in [0.29, 0.717) is 5.92 Å². The number of hydrogen-bond donors (Lipinski definition) is 0. The van der Waals surface area contributed by atoms with Crippen molar-refractivity contribution in [3.63, 3.8) is 0 Å². The fourth-order valence-corrected chi connectivity index (χ4v) is 2.42. The Balaban J connectivity index is 1.90. The molecule has 0 aromatic carbocycles. The van der Waals surface area contributed by atoms with Gasteiger partial charge in [0.05, 0.1) is 6.67 Å². The molecule has 1 aliphatic rings. The minimum absolute atomic E-state index is 0.114. The highest BCUT2D eigenvalue weighted by molar-refractivity contribution is 4.89. The van der Waals surface area contributed by atoms with E-state index in [-0.39, 0.29) is 6.67 Å². The molecule has 0 N–H and O–H groups in total. The number of alkyl halides is 1. The second kappa shape index (κ2) is 6.42. The molecule has 0 bridgehead atoms. The van der Waals surface area contributed by atoms with Gasteiger partial charge in [0.15, 0.2) is 0 Å². The van der Waals surface area contributed by atoms with E-state index >= 15 is 0 Å². The zero-order valence-corrected chi connectivity index (χ0v) is 9.77. The van der Waals surface area contributed by atoms with Crippen LogP contribution in [0, 0.1) is 17.8 Å². The van der Waals surface area contributed by atoms with Gasteiger partial charge in [-0.2, -0.15) is 0 Å². The van der Waals surface area contributed by atoms with Crippen LogP contribution in [-0.2, 0) is 0 Å². The van der Waals surface area contributed by atoms with E-state index in [1.165, 1.54) is 44.9 Å². The van der Waals surface area contributed by atoms with Crippen molar-refractivity contribution in [1.29, 1.82) is 0 Å². The third-order valence-corrected chi connectivity index (χ3v) is 3.63. The Morgan fingerprint density at radius 2 is 1.93 bits per heavy atom. The molecule has 14 heavy (non-hydrogen) atoms. The van der Waals surface area contributed by atoms with Crippen LogP contribution in [0.15, 0.2) is 0 Å². The maximum Gasteiger partial charge on any atom is 0.0922 e. The van der Waals surface area contributed by atoms with Crippen molar-refractivity contribution in [2.75, 3.05) is 6.67 Å². The molecule has 0 heterocycles. The fraction of sp³-hybridized carbons (Fsp3) is 1.00. The molecular formula is C13H25F. The average Bonchev–Trinajstić information content (AvgIpc) is 2.96. The molecule has 0 aliphatic heterocycles. The lowest BCUT2D eigenvalue weighted by atomic mass is 10.0. The second-order valence-electron chi connectivity index (χ2n) is 4.99. The molecule has 0 spiro atoms. The van der Waals surface area contributed by atoms with E-state index in [2.05, 4.69) is 13.8 Å². The van der Waals surface area contributed by atoms with E-state index in [4.69, 9.17) is 0 Å². The van der Waals surface area contributed by atoms with Crippen molar-refractivity contribution in [3.8, 4) is 0 Å². The maximum atomic E-state index is 12.3. The standard InChI is InChI=1S/C13H25F/c1-3-4-5-6-7-8-12-9-13(12)11(2)10-14/h11-13H,3-10H2,1-2H3/t11-,12?,13?/m0/s1. The zero-order chi connectivity index (χ0) is 10.4. The summed E-state index contributed by atoms with van der Waals surface area (Å²) in [4.78, 5) is 0. The first kappa shape index (κ1) is 12.0. The number of rotatable bonds is 8. The quantitative estimate of drug-likeness (QED) is 0.503. The molecule has 0 nitrogen and oxygen atoms in total. The van der Waals surface area contributed by atoms with Crippen LogP contribution in [0.25, 0.3) is 0 Å². The second-order valence-corrected chi connectivity index (χ2v) is 4.99. The molecule has 0 aromatic heterocycles. The minimum Gasteiger partial charge on any atom is -0.251 e. The van der Waals surface area contributed by atoms with Crippen LogP contribution < -0.4 is 0 Å². The first-order chi connectivity index (χ1) is 6.79. The van der Waals surface area contributed by atoms with Crippen LogP contribution in [0.1, 0.15) is 58.8 Å². The van der Waals surface area contributed by atoms with Gasteiger partial charge in [0.1, 0.15) is 0 Å². The van der Waals surface area contributed by atoms with Gasteiger partial charge in [-0.15, -0.1) is 0 Å².